The first kappa shape index (κ1) is 18.7. The van der Waals surface area contributed by atoms with Crippen LogP contribution in [0, 0.1) is 0 Å². The molecule has 5 nitrogen and oxygen atoms in total. The molecular formula is C19H21ClN2O3S. The van der Waals surface area contributed by atoms with Crippen LogP contribution in [0.25, 0.3) is 0 Å². The minimum absolute atomic E-state index is 0.0486. The third-order valence-corrected chi connectivity index (χ3v) is 6.60. The van der Waals surface area contributed by atoms with Gasteiger partial charge < -0.3 is 9.80 Å². The molecule has 1 fully saturated rings. The van der Waals surface area contributed by atoms with Crippen LogP contribution >= 0.6 is 11.6 Å². The van der Waals surface area contributed by atoms with Gasteiger partial charge in [-0.25, -0.2) is 8.42 Å². The molecule has 1 saturated heterocycles. The summed E-state index contributed by atoms with van der Waals surface area (Å²) in [5, 5.41) is 0.705. The van der Waals surface area contributed by atoms with Crippen LogP contribution in [0.1, 0.15) is 17.3 Å². The van der Waals surface area contributed by atoms with E-state index in [9.17, 15) is 13.2 Å². The molecule has 0 atom stereocenters. The Morgan fingerprint density at radius 1 is 0.962 bits per heavy atom. The van der Waals surface area contributed by atoms with Crippen LogP contribution in [-0.4, -0.2) is 51.2 Å². The van der Waals surface area contributed by atoms with E-state index in [0.717, 1.165) is 18.8 Å². The van der Waals surface area contributed by atoms with Gasteiger partial charge in [-0.1, -0.05) is 18.5 Å². The topological polar surface area (TPSA) is 57.7 Å². The van der Waals surface area contributed by atoms with Crippen LogP contribution in [0.5, 0.6) is 0 Å². The van der Waals surface area contributed by atoms with Gasteiger partial charge in [-0.15, -0.1) is 0 Å². The summed E-state index contributed by atoms with van der Waals surface area (Å²) in [4.78, 5) is 16.9. The Hall–Kier alpha value is -2.05. The zero-order chi connectivity index (χ0) is 18.7. The van der Waals surface area contributed by atoms with Crippen LogP contribution < -0.4 is 4.90 Å². The molecule has 7 heteroatoms. The molecule has 1 amide bonds. The largest absolute Gasteiger partial charge is 0.368 e. The lowest BCUT2D eigenvalue weighted by atomic mass is 10.1. The second kappa shape index (κ2) is 7.68. The molecule has 3 rings (SSSR count). The highest BCUT2D eigenvalue weighted by atomic mass is 35.5. The average molecular weight is 393 g/mol. The van der Waals surface area contributed by atoms with E-state index in [4.69, 9.17) is 11.6 Å². The first-order chi connectivity index (χ1) is 12.4. The lowest BCUT2D eigenvalue weighted by molar-refractivity contribution is 0.0746. The zero-order valence-electron chi connectivity index (χ0n) is 14.6. The number of anilines is 1. The van der Waals surface area contributed by atoms with Gasteiger partial charge in [0.15, 0.2) is 9.84 Å². The Bertz CT molecular complexity index is 872. The molecule has 0 N–H and O–H groups in total. The van der Waals surface area contributed by atoms with Gasteiger partial charge in [0.1, 0.15) is 0 Å². The number of sulfone groups is 1. The van der Waals surface area contributed by atoms with Crippen molar-refractivity contribution < 1.29 is 13.2 Å². The molecule has 2 aromatic carbocycles. The molecule has 2 aromatic rings. The first-order valence-corrected chi connectivity index (χ1v) is 10.6. The fourth-order valence-electron chi connectivity index (χ4n) is 2.97. The maximum atomic E-state index is 12.7. The summed E-state index contributed by atoms with van der Waals surface area (Å²) in [5.74, 6) is -0.0198. The third kappa shape index (κ3) is 4.02. The molecule has 1 aliphatic heterocycles. The Labute approximate surface area is 159 Å². The van der Waals surface area contributed by atoms with Crippen molar-refractivity contribution in [1.82, 2.24) is 4.90 Å². The average Bonchev–Trinajstić information content (AvgIpc) is 2.68. The quantitative estimate of drug-likeness (QED) is 0.802. The van der Waals surface area contributed by atoms with Gasteiger partial charge >= 0.3 is 0 Å². The fraction of sp³-hybridized carbons (Fsp3) is 0.316. The normalized spacial score (nSPS) is 15.2. The second-order valence-electron chi connectivity index (χ2n) is 6.18. The van der Waals surface area contributed by atoms with Crippen molar-refractivity contribution in [3.63, 3.8) is 0 Å². The van der Waals surface area contributed by atoms with Crippen LogP contribution in [-0.2, 0) is 9.84 Å². The molecule has 0 aliphatic carbocycles. The smallest absolute Gasteiger partial charge is 0.253 e. The summed E-state index contributed by atoms with van der Waals surface area (Å²) >= 11 is 5.92. The van der Waals surface area contributed by atoms with E-state index >= 15 is 0 Å². The number of carbonyl (C=O) groups is 1. The number of hydrogen-bond acceptors (Lipinski definition) is 4. The molecule has 26 heavy (non-hydrogen) atoms. The van der Waals surface area contributed by atoms with Crippen LogP contribution in [0.2, 0.25) is 5.02 Å². The van der Waals surface area contributed by atoms with Gasteiger partial charge in [0.2, 0.25) is 0 Å². The van der Waals surface area contributed by atoms with Crippen molar-refractivity contribution in [1.29, 1.82) is 0 Å². The number of halogens is 1. The van der Waals surface area contributed by atoms with E-state index in [1.54, 1.807) is 24.0 Å². The van der Waals surface area contributed by atoms with Crippen molar-refractivity contribution in [3.8, 4) is 0 Å². The van der Waals surface area contributed by atoms with E-state index in [2.05, 4.69) is 4.90 Å². The van der Waals surface area contributed by atoms with Crippen molar-refractivity contribution in [2.75, 3.05) is 36.8 Å². The van der Waals surface area contributed by atoms with Crippen LogP contribution in [0.4, 0.5) is 5.69 Å². The van der Waals surface area contributed by atoms with E-state index in [0.29, 0.717) is 23.7 Å². The SMILES string of the molecule is CCS(=O)(=O)c1ccc(C(=O)N2CCN(c3ccc(Cl)cc3)CC2)cc1. The summed E-state index contributed by atoms with van der Waals surface area (Å²) in [6.45, 7) is 4.34. The molecule has 0 spiro atoms. The summed E-state index contributed by atoms with van der Waals surface area (Å²) in [6.07, 6.45) is 0. The summed E-state index contributed by atoms with van der Waals surface area (Å²) in [5.41, 5.74) is 1.61. The highest BCUT2D eigenvalue weighted by Gasteiger charge is 2.22. The standard InChI is InChI=1S/C19H21ClN2O3S/c1-2-26(24,25)18-9-3-15(4-10-18)19(23)22-13-11-21(12-14-22)17-7-5-16(20)6-8-17/h3-10H,2,11-14H2,1H3. The molecule has 0 bridgehead atoms. The number of benzene rings is 2. The molecule has 0 unspecified atom stereocenters. The second-order valence-corrected chi connectivity index (χ2v) is 8.90. The molecule has 138 valence electrons. The number of piperazine rings is 1. The Morgan fingerprint density at radius 3 is 2.08 bits per heavy atom. The van der Waals surface area contributed by atoms with Crippen molar-refractivity contribution in [3.05, 3.63) is 59.1 Å². The Morgan fingerprint density at radius 2 is 1.54 bits per heavy atom. The van der Waals surface area contributed by atoms with Gasteiger partial charge in [-0.2, -0.15) is 0 Å². The molecule has 0 radical (unpaired) electrons. The predicted molar refractivity (Wildman–Crippen MR) is 104 cm³/mol. The third-order valence-electron chi connectivity index (χ3n) is 4.60. The fourth-order valence-corrected chi connectivity index (χ4v) is 3.98. The maximum Gasteiger partial charge on any atom is 0.253 e. The molecule has 1 aliphatic rings. The van der Waals surface area contributed by atoms with Gasteiger partial charge in [-0.3, -0.25) is 4.79 Å². The summed E-state index contributed by atoms with van der Waals surface area (Å²) < 4.78 is 23.7. The monoisotopic (exact) mass is 392 g/mol. The lowest BCUT2D eigenvalue weighted by Crippen LogP contribution is -2.48. The van der Waals surface area contributed by atoms with Crippen molar-refractivity contribution in [2.24, 2.45) is 0 Å². The zero-order valence-corrected chi connectivity index (χ0v) is 16.1. The minimum Gasteiger partial charge on any atom is -0.368 e. The minimum atomic E-state index is -3.25. The van der Waals surface area contributed by atoms with Gasteiger partial charge in [0, 0.05) is 42.5 Å². The van der Waals surface area contributed by atoms with Crippen molar-refractivity contribution in [2.45, 2.75) is 11.8 Å². The highest BCUT2D eigenvalue weighted by molar-refractivity contribution is 7.91. The lowest BCUT2D eigenvalue weighted by Gasteiger charge is -2.36. The van der Waals surface area contributed by atoms with E-state index in [1.165, 1.54) is 12.1 Å². The molecule has 1 heterocycles. The number of nitrogens with zero attached hydrogens (tertiary/aromatic N) is 2. The Balaban J connectivity index is 1.64. The van der Waals surface area contributed by atoms with E-state index in [-0.39, 0.29) is 16.6 Å². The Kier molecular flexibility index (Phi) is 5.53. The number of hydrogen-bond donors (Lipinski definition) is 0. The number of carbonyl (C=O) groups excluding carboxylic acids is 1. The number of amides is 1. The predicted octanol–water partition coefficient (Wildman–Crippen LogP) is 3.10. The van der Waals surface area contributed by atoms with Gasteiger partial charge in [0.25, 0.3) is 5.91 Å². The van der Waals surface area contributed by atoms with Crippen molar-refractivity contribution >= 4 is 33.0 Å². The van der Waals surface area contributed by atoms with Crippen LogP contribution in [0.3, 0.4) is 0 Å². The summed E-state index contributed by atoms with van der Waals surface area (Å²) in [7, 11) is -3.25. The maximum absolute atomic E-state index is 12.7. The van der Waals surface area contributed by atoms with Gasteiger partial charge in [0.05, 0.1) is 10.6 Å². The highest BCUT2D eigenvalue weighted by Crippen LogP contribution is 2.20. The molecule has 0 saturated carbocycles. The first-order valence-electron chi connectivity index (χ1n) is 8.53. The summed E-state index contributed by atoms with van der Waals surface area (Å²) in [6, 6.07) is 13.9. The molecular weight excluding hydrogens is 372 g/mol. The van der Waals surface area contributed by atoms with Crippen LogP contribution in [0.15, 0.2) is 53.4 Å². The van der Waals surface area contributed by atoms with E-state index < -0.39 is 9.84 Å². The van der Waals surface area contributed by atoms with E-state index in [1.807, 2.05) is 24.3 Å². The molecule has 0 aromatic heterocycles. The number of rotatable bonds is 4. The van der Waals surface area contributed by atoms with Gasteiger partial charge in [-0.05, 0) is 48.5 Å².